The van der Waals surface area contributed by atoms with Gasteiger partial charge in [0.25, 0.3) is 11.3 Å². The van der Waals surface area contributed by atoms with E-state index in [0.29, 0.717) is 17.1 Å². The smallest absolute Gasteiger partial charge is 0.323 e. The van der Waals surface area contributed by atoms with Gasteiger partial charge in [-0.15, -0.1) is 0 Å². The number of hydrogen-bond acceptors (Lipinski definition) is 3. The SMILES string of the molecule is COc1ccc(NC(=O)Nc2ccc(NS(=O)O)cc2)c(C)c1. The van der Waals surface area contributed by atoms with Crippen LogP contribution in [0.1, 0.15) is 5.56 Å². The maximum absolute atomic E-state index is 12.0. The Morgan fingerprint density at radius 3 is 2.30 bits per heavy atom. The number of hydrogen-bond donors (Lipinski definition) is 4. The Labute approximate surface area is 136 Å². The van der Waals surface area contributed by atoms with Crippen molar-refractivity contribution in [2.45, 2.75) is 6.92 Å². The minimum absolute atomic E-state index is 0.385. The maximum atomic E-state index is 12.0. The van der Waals surface area contributed by atoms with Crippen molar-refractivity contribution >= 4 is 34.4 Å². The molecule has 0 aromatic heterocycles. The van der Waals surface area contributed by atoms with Crippen LogP contribution in [0.5, 0.6) is 5.75 Å². The number of urea groups is 1. The number of methoxy groups -OCH3 is 1. The zero-order valence-corrected chi connectivity index (χ0v) is 13.4. The summed E-state index contributed by atoms with van der Waals surface area (Å²) in [5, 5.41) is 5.43. The van der Waals surface area contributed by atoms with Gasteiger partial charge in [-0.05, 0) is 55.0 Å². The minimum atomic E-state index is -2.13. The van der Waals surface area contributed by atoms with Gasteiger partial charge in [0, 0.05) is 17.1 Å². The molecule has 0 bridgehead atoms. The van der Waals surface area contributed by atoms with Gasteiger partial charge in [-0.1, -0.05) is 0 Å². The van der Waals surface area contributed by atoms with Crippen LogP contribution in [0.3, 0.4) is 0 Å². The second-order valence-corrected chi connectivity index (χ2v) is 5.39. The molecule has 0 aliphatic carbocycles. The first-order chi connectivity index (χ1) is 11.0. The van der Waals surface area contributed by atoms with Gasteiger partial charge in [-0.25, -0.2) is 9.00 Å². The molecule has 0 aliphatic heterocycles. The molecule has 1 unspecified atom stereocenters. The predicted molar refractivity (Wildman–Crippen MR) is 91.2 cm³/mol. The Morgan fingerprint density at radius 2 is 1.74 bits per heavy atom. The number of anilines is 3. The molecule has 2 aromatic rings. The Kier molecular flexibility index (Phi) is 5.56. The highest BCUT2D eigenvalue weighted by atomic mass is 32.2. The van der Waals surface area contributed by atoms with Crippen LogP contribution in [0.2, 0.25) is 0 Å². The fourth-order valence-corrected chi connectivity index (χ4v) is 2.25. The van der Waals surface area contributed by atoms with E-state index in [2.05, 4.69) is 15.4 Å². The largest absolute Gasteiger partial charge is 0.497 e. The zero-order chi connectivity index (χ0) is 16.8. The number of ether oxygens (including phenoxy) is 1. The van der Waals surface area contributed by atoms with Gasteiger partial charge in [-0.3, -0.25) is 9.27 Å². The number of carbonyl (C=O) groups excluding carboxylic acids is 1. The van der Waals surface area contributed by atoms with E-state index in [1.807, 2.05) is 13.0 Å². The predicted octanol–water partition coefficient (Wildman–Crippen LogP) is 3.20. The molecular weight excluding hydrogens is 318 g/mol. The van der Waals surface area contributed by atoms with Crippen molar-refractivity contribution < 1.29 is 18.3 Å². The Balaban J connectivity index is 1.98. The van der Waals surface area contributed by atoms with Gasteiger partial charge in [0.15, 0.2) is 0 Å². The highest BCUT2D eigenvalue weighted by Gasteiger charge is 2.06. The van der Waals surface area contributed by atoms with Crippen molar-refractivity contribution in [1.29, 1.82) is 0 Å². The molecule has 0 saturated heterocycles. The van der Waals surface area contributed by atoms with Crippen molar-refractivity contribution in [3.05, 3.63) is 48.0 Å². The topological polar surface area (TPSA) is 99.7 Å². The third kappa shape index (κ3) is 4.97. The summed E-state index contributed by atoms with van der Waals surface area (Å²) in [5.74, 6) is 0.720. The van der Waals surface area contributed by atoms with Gasteiger partial charge in [0.2, 0.25) is 0 Å². The summed E-state index contributed by atoms with van der Waals surface area (Å²) in [6.07, 6.45) is 0. The molecule has 0 heterocycles. The molecule has 7 nitrogen and oxygen atoms in total. The molecule has 122 valence electrons. The molecule has 2 rings (SSSR count). The summed E-state index contributed by atoms with van der Waals surface area (Å²) in [7, 11) is 1.58. The van der Waals surface area contributed by atoms with Crippen molar-refractivity contribution in [3.63, 3.8) is 0 Å². The fourth-order valence-electron chi connectivity index (χ4n) is 1.91. The Morgan fingerprint density at radius 1 is 1.09 bits per heavy atom. The molecule has 0 fully saturated rings. The van der Waals surface area contributed by atoms with Gasteiger partial charge in [0.1, 0.15) is 5.75 Å². The molecule has 0 saturated carbocycles. The average Bonchev–Trinajstić information content (AvgIpc) is 2.50. The van der Waals surface area contributed by atoms with Gasteiger partial charge < -0.3 is 15.4 Å². The number of carbonyl (C=O) groups is 1. The van der Waals surface area contributed by atoms with Crippen LogP contribution in [0.25, 0.3) is 0 Å². The molecule has 0 spiro atoms. The number of benzene rings is 2. The molecule has 2 aromatic carbocycles. The average molecular weight is 335 g/mol. The van der Waals surface area contributed by atoms with Crippen LogP contribution in [0.4, 0.5) is 21.9 Å². The second kappa shape index (κ2) is 7.61. The van der Waals surface area contributed by atoms with Crippen molar-refractivity contribution in [3.8, 4) is 5.75 Å². The van der Waals surface area contributed by atoms with Gasteiger partial charge in [-0.2, -0.15) is 0 Å². The van der Waals surface area contributed by atoms with Crippen molar-refractivity contribution in [2.75, 3.05) is 22.5 Å². The number of rotatable bonds is 5. The van der Waals surface area contributed by atoms with E-state index in [1.54, 1.807) is 43.5 Å². The Hall–Kier alpha value is -2.58. The first-order valence-electron chi connectivity index (χ1n) is 6.68. The third-order valence-electron chi connectivity index (χ3n) is 3.03. The summed E-state index contributed by atoms with van der Waals surface area (Å²) in [4.78, 5) is 12.0. The first-order valence-corrected chi connectivity index (χ1v) is 7.79. The second-order valence-electron chi connectivity index (χ2n) is 4.69. The number of aryl methyl sites for hydroxylation is 1. The fraction of sp³-hybridized carbons (Fsp3) is 0.133. The number of nitrogens with one attached hydrogen (secondary N) is 3. The first kappa shape index (κ1) is 16.8. The van der Waals surface area contributed by atoms with Crippen LogP contribution in [-0.4, -0.2) is 21.9 Å². The molecule has 8 heteroatoms. The van der Waals surface area contributed by atoms with Crippen LogP contribution in [0, 0.1) is 6.92 Å². The molecule has 23 heavy (non-hydrogen) atoms. The van der Waals surface area contributed by atoms with E-state index in [4.69, 9.17) is 9.29 Å². The molecule has 4 N–H and O–H groups in total. The molecule has 0 radical (unpaired) electrons. The van der Waals surface area contributed by atoms with Gasteiger partial charge >= 0.3 is 6.03 Å². The normalized spacial score (nSPS) is 11.4. The minimum Gasteiger partial charge on any atom is -0.497 e. The van der Waals surface area contributed by atoms with E-state index in [1.165, 1.54) is 0 Å². The van der Waals surface area contributed by atoms with Crippen LogP contribution >= 0.6 is 0 Å². The van der Waals surface area contributed by atoms with Crippen LogP contribution in [-0.2, 0) is 11.3 Å². The van der Waals surface area contributed by atoms with E-state index >= 15 is 0 Å². The summed E-state index contributed by atoms with van der Waals surface area (Å²) < 4.78 is 26.8. The molecule has 0 aliphatic rings. The highest BCUT2D eigenvalue weighted by Crippen LogP contribution is 2.21. The molecular formula is C15H17N3O4S. The van der Waals surface area contributed by atoms with E-state index < -0.39 is 11.3 Å². The Bertz CT molecular complexity index is 719. The lowest BCUT2D eigenvalue weighted by atomic mass is 10.2. The summed E-state index contributed by atoms with van der Waals surface area (Å²) in [6, 6.07) is 11.4. The molecule has 1 atom stereocenters. The lowest BCUT2D eigenvalue weighted by molar-refractivity contribution is 0.262. The monoisotopic (exact) mass is 335 g/mol. The highest BCUT2D eigenvalue weighted by molar-refractivity contribution is 7.80. The van der Waals surface area contributed by atoms with Gasteiger partial charge in [0.05, 0.1) is 7.11 Å². The van der Waals surface area contributed by atoms with E-state index in [9.17, 15) is 9.00 Å². The lowest BCUT2D eigenvalue weighted by Gasteiger charge is -2.11. The summed E-state index contributed by atoms with van der Waals surface area (Å²) in [6.45, 7) is 1.87. The standard InChI is InChI=1S/C15H17N3O4S/c1-10-9-13(22-2)7-8-14(10)17-15(19)16-11-3-5-12(6-4-11)18-23(20)21/h3-9,18H,1-2H3,(H,20,21)(H2,16,17,19). The van der Waals surface area contributed by atoms with Crippen LogP contribution in [0.15, 0.2) is 42.5 Å². The quantitative estimate of drug-likeness (QED) is 0.631. The van der Waals surface area contributed by atoms with E-state index in [0.717, 1.165) is 11.3 Å². The summed E-state index contributed by atoms with van der Waals surface area (Å²) >= 11 is -2.13. The third-order valence-corrected chi connectivity index (χ3v) is 3.44. The maximum Gasteiger partial charge on any atom is 0.323 e. The van der Waals surface area contributed by atoms with Crippen molar-refractivity contribution in [1.82, 2.24) is 0 Å². The van der Waals surface area contributed by atoms with E-state index in [-0.39, 0.29) is 6.03 Å². The van der Waals surface area contributed by atoms with Crippen molar-refractivity contribution in [2.24, 2.45) is 0 Å². The lowest BCUT2D eigenvalue weighted by Crippen LogP contribution is -2.19. The summed E-state index contributed by atoms with van der Waals surface area (Å²) in [5.41, 5.74) is 2.59. The molecule has 2 amide bonds. The number of amides is 2. The zero-order valence-electron chi connectivity index (χ0n) is 12.6. The van der Waals surface area contributed by atoms with Crippen LogP contribution < -0.4 is 20.1 Å².